The first kappa shape index (κ1) is 16.2. The van der Waals surface area contributed by atoms with E-state index in [-0.39, 0.29) is 5.54 Å². The average Bonchev–Trinajstić information content (AvgIpc) is 2.46. The number of hydrogen-bond acceptors (Lipinski definition) is 3. The van der Waals surface area contributed by atoms with E-state index in [1.165, 1.54) is 12.8 Å². The molecule has 21 heavy (non-hydrogen) atoms. The van der Waals surface area contributed by atoms with Crippen molar-refractivity contribution in [2.45, 2.75) is 45.6 Å². The highest BCUT2D eigenvalue weighted by Crippen LogP contribution is 2.48. The zero-order chi connectivity index (χ0) is 15.6. The molecular weight excluding hydrogens is 262 g/mol. The van der Waals surface area contributed by atoms with Crippen LogP contribution in [0, 0.1) is 17.8 Å². The van der Waals surface area contributed by atoms with Crippen LogP contribution in [-0.4, -0.2) is 14.2 Å². The Morgan fingerprint density at radius 2 is 1.90 bits per heavy atom. The fourth-order valence-corrected chi connectivity index (χ4v) is 3.97. The molecule has 0 saturated heterocycles. The van der Waals surface area contributed by atoms with Crippen LogP contribution >= 0.6 is 0 Å². The number of nitrogens with two attached hydrogens (primary N) is 1. The highest BCUT2D eigenvalue weighted by atomic mass is 16.5. The zero-order valence-corrected chi connectivity index (χ0v) is 14.0. The minimum Gasteiger partial charge on any atom is -0.497 e. The molecule has 118 valence electrons. The molecule has 1 aromatic rings. The standard InChI is InChI=1S/C18H29NO2/c1-12(2)15-8-6-13(3)11-18(15,19)16-10-14(20-4)7-9-17(16)21-5/h7,9-10,12-13,15H,6,8,11,19H2,1-5H3. The Bertz CT molecular complexity index is 486. The molecule has 1 saturated carbocycles. The van der Waals surface area contributed by atoms with E-state index in [4.69, 9.17) is 15.2 Å². The Kier molecular flexibility index (Phi) is 4.82. The van der Waals surface area contributed by atoms with Crippen LogP contribution < -0.4 is 15.2 Å². The van der Waals surface area contributed by atoms with Crippen LogP contribution in [0.25, 0.3) is 0 Å². The highest BCUT2D eigenvalue weighted by Gasteiger charge is 2.44. The maximum Gasteiger partial charge on any atom is 0.124 e. The quantitative estimate of drug-likeness (QED) is 0.913. The van der Waals surface area contributed by atoms with Gasteiger partial charge in [0.05, 0.1) is 14.2 Å². The molecule has 3 heteroatoms. The first-order chi connectivity index (χ1) is 9.92. The molecule has 1 aliphatic carbocycles. The molecule has 1 aliphatic rings. The lowest BCUT2D eigenvalue weighted by atomic mass is 9.62. The molecule has 0 amide bonds. The first-order valence-corrected chi connectivity index (χ1v) is 7.93. The fraction of sp³-hybridized carbons (Fsp3) is 0.667. The molecule has 1 fully saturated rings. The molecule has 0 heterocycles. The van der Waals surface area contributed by atoms with E-state index in [1.807, 2.05) is 12.1 Å². The van der Waals surface area contributed by atoms with Gasteiger partial charge in [-0.1, -0.05) is 27.2 Å². The summed E-state index contributed by atoms with van der Waals surface area (Å²) in [7, 11) is 3.41. The van der Waals surface area contributed by atoms with Crippen molar-refractivity contribution in [3.8, 4) is 11.5 Å². The Labute approximate surface area is 128 Å². The number of benzene rings is 1. The summed E-state index contributed by atoms with van der Waals surface area (Å²) in [6.07, 6.45) is 3.43. The molecule has 3 unspecified atom stereocenters. The second-order valence-corrected chi connectivity index (χ2v) is 6.84. The highest BCUT2D eigenvalue weighted by molar-refractivity contribution is 5.45. The third kappa shape index (κ3) is 3.03. The van der Waals surface area contributed by atoms with Crippen LogP contribution in [0.1, 0.15) is 45.6 Å². The van der Waals surface area contributed by atoms with Crippen LogP contribution in [0.2, 0.25) is 0 Å². The molecule has 0 radical (unpaired) electrons. The van der Waals surface area contributed by atoms with Crippen molar-refractivity contribution in [3.05, 3.63) is 23.8 Å². The van der Waals surface area contributed by atoms with Gasteiger partial charge in [0.25, 0.3) is 0 Å². The lowest BCUT2D eigenvalue weighted by Crippen LogP contribution is -2.50. The number of methoxy groups -OCH3 is 2. The largest absolute Gasteiger partial charge is 0.497 e. The van der Waals surface area contributed by atoms with Gasteiger partial charge in [0.2, 0.25) is 0 Å². The molecule has 2 rings (SSSR count). The van der Waals surface area contributed by atoms with Gasteiger partial charge in [-0.2, -0.15) is 0 Å². The molecule has 0 aromatic heterocycles. The molecule has 0 aliphatic heterocycles. The Morgan fingerprint density at radius 1 is 1.19 bits per heavy atom. The van der Waals surface area contributed by atoms with E-state index in [0.717, 1.165) is 23.5 Å². The number of hydrogen-bond donors (Lipinski definition) is 1. The average molecular weight is 291 g/mol. The summed E-state index contributed by atoms with van der Waals surface area (Å²) in [6.45, 7) is 6.84. The molecule has 0 spiro atoms. The monoisotopic (exact) mass is 291 g/mol. The minimum absolute atomic E-state index is 0.342. The molecule has 1 aromatic carbocycles. The molecular formula is C18H29NO2. The smallest absolute Gasteiger partial charge is 0.124 e. The minimum atomic E-state index is -0.342. The van der Waals surface area contributed by atoms with Crippen molar-refractivity contribution in [1.82, 2.24) is 0 Å². The summed E-state index contributed by atoms with van der Waals surface area (Å²) in [6, 6.07) is 5.97. The lowest BCUT2D eigenvalue weighted by molar-refractivity contribution is 0.106. The van der Waals surface area contributed by atoms with Gasteiger partial charge < -0.3 is 15.2 Å². The zero-order valence-electron chi connectivity index (χ0n) is 14.0. The molecule has 3 nitrogen and oxygen atoms in total. The van der Waals surface area contributed by atoms with Crippen molar-refractivity contribution < 1.29 is 9.47 Å². The molecule has 3 atom stereocenters. The Morgan fingerprint density at radius 3 is 2.48 bits per heavy atom. The fourth-order valence-electron chi connectivity index (χ4n) is 3.97. The van der Waals surface area contributed by atoms with Crippen molar-refractivity contribution in [3.63, 3.8) is 0 Å². The summed E-state index contributed by atoms with van der Waals surface area (Å²) in [4.78, 5) is 0. The number of rotatable bonds is 4. The van der Waals surface area contributed by atoms with E-state index in [9.17, 15) is 0 Å². The van der Waals surface area contributed by atoms with Crippen LogP contribution in [0.4, 0.5) is 0 Å². The summed E-state index contributed by atoms with van der Waals surface area (Å²) in [5.41, 5.74) is 7.73. The van der Waals surface area contributed by atoms with Crippen molar-refractivity contribution in [2.24, 2.45) is 23.5 Å². The normalized spacial score (nSPS) is 29.5. The van der Waals surface area contributed by atoms with E-state index >= 15 is 0 Å². The second-order valence-electron chi connectivity index (χ2n) is 6.84. The van der Waals surface area contributed by atoms with Gasteiger partial charge in [-0.15, -0.1) is 0 Å². The van der Waals surface area contributed by atoms with E-state index in [0.29, 0.717) is 17.8 Å². The van der Waals surface area contributed by atoms with Gasteiger partial charge >= 0.3 is 0 Å². The predicted molar refractivity (Wildman–Crippen MR) is 86.8 cm³/mol. The SMILES string of the molecule is COc1ccc(OC)c(C2(N)CC(C)CCC2C(C)C)c1. The first-order valence-electron chi connectivity index (χ1n) is 7.93. The third-order valence-corrected chi connectivity index (χ3v) is 5.03. The van der Waals surface area contributed by atoms with Crippen molar-refractivity contribution in [1.29, 1.82) is 0 Å². The maximum absolute atomic E-state index is 6.98. The van der Waals surface area contributed by atoms with Crippen molar-refractivity contribution >= 4 is 0 Å². The van der Waals surface area contributed by atoms with Gasteiger partial charge in [-0.25, -0.2) is 0 Å². The van der Waals surface area contributed by atoms with Gasteiger partial charge in [0.1, 0.15) is 11.5 Å². The Hall–Kier alpha value is -1.22. The van der Waals surface area contributed by atoms with Gasteiger partial charge in [-0.3, -0.25) is 0 Å². The van der Waals surface area contributed by atoms with Crippen LogP contribution in [0.5, 0.6) is 11.5 Å². The van der Waals surface area contributed by atoms with Gasteiger partial charge in [0, 0.05) is 11.1 Å². The summed E-state index contributed by atoms with van der Waals surface area (Å²) >= 11 is 0. The Balaban J connectivity index is 2.53. The summed E-state index contributed by atoms with van der Waals surface area (Å²) in [5, 5.41) is 0. The molecule has 2 N–H and O–H groups in total. The van der Waals surface area contributed by atoms with E-state index < -0.39 is 0 Å². The van der Waals surface area contributed by atoms with E-state index in [2.05, 4.69) is 26.8 Å². The lowest BCUT2D eigenvalue weighted by Gasteiger charge is -2.46. The van der Waals surface area contributed by atoms with Gasteiger partial charge in [0.15, 0.2) is 0 Å². The van der Waals surface area contributed by atoms with Gasteiger partial charge in [-0.05, 0) is 48.8 Å². The van der Waals surface area contributed by atoms with Crippen molar-refractivity contribution in [2.75, 3.05) is 14.2 Å². The van der Waals surface area contributed by atoms with Crippen LogP contribution in [0.3, 0.4) is 0 Å². The summed E-state index contributed by atoms with van der Waals surface area (Å²) in [5.74, 6) is 3.38. The number of ether oxygens (including phenoxy) is 2. The molecule has 0 bridgehead atoms. The van der Waals surface area contributed by atoms with Crippen LogP contribution in [0.15, 0.2) is 18.2 Å². The maximum atomic E-state index is 6.98. The predicted octanol–water partition coefficient (Wildman–Crippen LogP) is 3.95. The summed E-state index contributed by atoms with van der Waals surface area (Å²) < 4.78 is 11.0. The topological polar surface area (TPSA) is 44.5 Å². The van der Waals surface area contributed by atoms with E-state index in [1.54, 1.807) is 14.2 Å². The third-order valence-electron chi connectivity index (χ3n) is 5.03. The van der Waals surface area contributed by atoms with Crippen LogP contribution in [-0.2, 0) is 5.54 Å². The second kappa shape index (κ2) is 6.27.